The number of amides is 1. The van der Waals surface area contributed by atoms with Gasteiger partial charge >= 0.3 is 5.97 Å². The lowest BCUT2D eigenvalue weighted by molar-refractivity contribution is -0.139. The highest BCUT2D eigenvalue weighted by Gasteiger charge is 2.28. The molecule has 8 heteroatoms. The molecule has 2 heterocycles. The normalized spacial score (nSPS) is 14.8. The summed E-state index contributed by atoms with van der Waals surface area (Å²) in [6, 6.07) is 14.6. The first kappa shape index (κ1) is 26.6. The zero-order chi connectivity index (χ0) is 27.0. The molecule has 1 amide bonds. The average Bonchev–Trinajstić information content (AvgIpc) is 3.35. The Morgan fingerprint density at radius 1 is 1.18 bits per heavy atom. The highest BCUT2D eigenvalue weighted by molar-refractivity contribution is 14.1. The maximum absolute atomic E-state index is 13.3. The van der Waals surface area contributed by atoms with Crippen molar-refractivity contribution >= 4 is 51.8 Å². The number of nitrogens with one attached hydrogen (secondary N) is 1. The molecule has 2 aliphatic rings. The van der Waals surface area contributed by atoms with E-state index in [0.29, 0.717) is 23.7 Å². The molecule has 0 saturated carbocycles. The van der Waals surface area contributed by atoms with Crippen molar-refractivity contribution in [3.8, 4) is 5.75 Å². The minimum atomic E-state index is -1.09. The SMILES string of the molecule is C=C(c1ccc2c(c1)OCC2)N1CCc2c(cc(Cl)c(C(=O)N[C@@H](Cc3cccc(C)c3)C(=O)O)c2I)C1. The Morgan fingerprint density at radius 2 is 2.00 bits per heavy atom. The molecule has 0 fully saturated rings. The highest BCUT2D eigenvalue weighted by Crippen LogP contribution is 2.36. The number of carboxylic acids is 1. The van der Waals surface area contributed by atoms with Gasteiger partial charge in [-0.1, -0.05) is 60.1 Å². The number of carbonyl (C=O) groups excluding carboxylic acids is 1. The monoisotopic (exact) mass is 642 g/mol. The van der Waals surface area contributed by atoms with Crippen molar-refractivity contribution in [2.75, 3.05) is 13.2 Å². The van der Waals surface area contributed by atoms with E-state index in [0.717, 1.165) is 62.2 Å². The first-order chi connectivity index (χ1) is 18.2. The molecule has 0 aromatic heterocycles. The van der Waals surface area contributed by atoms with Crippen molar-refractivity contribution in [1.29, 1.82) is 0 Å². The number of aryl methyl sites for hydroxylation is 1. The second-order valence-corrected chi connectivity index (χ2v) is 11.3. The number of nitrogens with zero attached hydrogens (tertiary/aromatic N) is 1. The van der Waals surface area contributed by atoms with Gasteiger partial charge in [0, 0.05) is 40.8 Å². The Hall–Kier alpha value is -3.04. The van der Waals surface area contributed by atoms with E-state index in [1.807, 2.05) is 37.3 Å². The molecule has 0 spiro atoms. The molecule has 0 bridgehead atoms. The summed E-state index contributed by atoms with van der Waals surface area (Å²) in [7, 11) is 0. The standard InChI is InChI=1S/C30H28ClIN2O4/c1-17-4-3-5-19(12-17)13-25(30(36)37)33-29(35)27-24(31)14-22-16-34(10-8-23(22)28(27)32)18(2)21-7-6-20-9-11-38-26(20)15-21/h3-7,12,14-15,25H,2,8-11,13,16H2,1H3,(H,33,35)(H,36,37)/t25-/m0/s1. The summed E-state index contributed by atoms with van der Waals surface area (Å²) >= 11 is 8.81. The zero-order valence-electron chi connectivity index (χ0n) is 21.0. The van der Waals surface area contributed by atoms with E-state index in [4.69, 9.17) is 16.3 Å². The third-order valence-electron chi connectivity index (χ3n) is 7.17. The van der Waals surface area contributed by atoms with Gasteiger partial charge in [-0.25, -0.2) is 4.79 Å². The number of fused-ring (bicyclic) bond motifs is 2. The summed E-state index contributed by atoms with van der Waals surface area (Å²) < 4.78 is 6.49. The predicted octanol–water partition coefficient (Wildman–Crippen LogP) is 5.64. The van der Waals surface area contributed by atoms with Crippen LogP contribution in [0.5, 0.6) is 5.75 Å². The second-order valence-electron chi connectivity index (χ2n) is 9.78. The first-order valence-corrected chi connectivity index (χ1v) is 14.0. The number of benzene rings is 3. The third kappa shape index (κ3) is 5.40. The number of ether oxygens (including phenoxy) is 1. The van der Waals surface area contributed by atoms with Crippen LogP contribution in [0, 0.1) is 10.5 Å². The van der Waals surface area contributed by atoms with Crippen LogP contribution in [0.15, 0.2) is 55.1 Å². The van der Waals surface area contributed by atoms with Crippen molar-refractivity contribution < 1.29 is 19.4 Å². The Labute approximate surface area is 240 Å². The third-order valence-corrected chi connectivity index (χ3v) is 8.66. The molecule has 0 radical (unpaired) electrons. The van der Waals surface area contributed by atoms with E-state index in [9.17, 15) is 14.7 Å². The smallest absolute Gasteiger partial charge is 0.326 e. The van der Waals surface area contributed by atoms with Gasteiger partial charge in [-0.15, -0.1) is 0 Å². The van der Waals surface area contributed by atoms with E-state index in [1.54, 1.807) is 0 Å². The van der Waals surface area contributed by atoms with Gasteiger partial charge in [0.15, 0.2) is 0 Å². The van der Waals surface area contributed by atoms with Gasteiger partial charge in [-0.3, -0.25) is 4.79 Å². The van der Waals surface area contributed by atoms with E-state index < -0.39 is 17.9 Å². The van der Waals surface area contributed by atoms with Crippen LogP contribution in [0.4, 0.5) is 0 Å². The van der Waals surface area contributed by atoms with Crippen molar-refractivity contribution in [2.24, 2.45) is 0 Å². The summed E-state index contributed by atoms with van der Waals surface area (Å²) in [4.78, 5) is 27.5. The molecule has 1 atom stereocenters. The van der Waals surface area contributed by atoms with Crippen molar-refractivity contribution in [3.05, 3.63) is 103 Å². The van der Waals surface area contributed by atoms with Gasteiger partial charge in [0.1, 0.15) is 11.8 Å². The van der Waals surface area contributed by atoms with Gasteiger partial charge < -0.3 is 20.1 Å². The summed E-state index contributed by atoms with van der Waals surface area (Å²) in [5, 5.41) is 12.8. The molecule has 3 aromatic carbocycles. The Balaban J connectivity index is 1.34. The Morgan fingerprint density at radius 3 is 2.76 bits per heavy atom. The van der Waals surface area contributed by atoms with Crippen LogP contribution >= 0.6 is 34.2 Å². The second kappa shape index (κ2) is 11.0. The minimum Gasteiger partial charge on any atom is -0.493 e. The molecule has 2 N–H and O–H groups in total. The molecule has 3 aromatic rings. The average molecular weight is 643 g/mol. The van der Waals surface area contributed by atoms with Gasteiger partial charge in [0.25, 0.3) is 5.91 Å². The molecule has 5 rings (SSSR count). The number of carbonyl (C=O) groups is 2. The first-order valence-electron chi connectivity index (χ1n) is 12.5. The fraction of sp³-hybridized carbons (Fsp3) is 0.267. The van der Waals surface area contributed by atoms with Crippen LogP contribution in [-0.2, 0) is 30.6 Å². The fourth-order valence-electron chi connectivity index (χ4n) is 5.12. The topological polar surface area (TPSA) is 78.9 Å². The lowest BCUT2D eigenvalue weighted by Gasteiger charge is -2.33. The zero-order valence-corrected chi connectivity index (χ0v) is 23.9. The number of rotatable bonds is 7. The molecule has 38 heavy (non-hydrogen) atoms. The quantitative estimate of drug-likeness (QED) is 0.326. The maximum atomic E-state index is 13.3. The molecule has 196 valence electrons. The molecule has 0 unspecified atom stereocenters. The molecular formula is C30H28ClIN2O4. The van der Waals surface area contributed by atoms with Crippen LogP contribution in [0.3, 0.4) is 0 Å². The number of halogens is 2. The predicted molar refractivity (Wildman–Crippen MR) is 157 cm³/mol. The molecule has 0 aliphatic carbocycles. The molecule has 0 saturated heterocycles. The summed E-state index contributed by atoms with van der Waals surface area (Å²) in [6.07, 6.45) is 1.84. The summed E-state index contributed by atoms with van der Waals surface area (Å²) in [5.74, 6) is -0.640. The van der Waals surface area contributed by atoms with Crippen molar-refractivity contribution in [2.45, 2.75) is 38.8 Å². The van der Waals surface area contributed by atoms with E-state index in [1.165, 1.54) is 5.56 Å². The number of hydrogen-bond donors (Lipinski definition) is 2. The van der Waals surface area contributed by atoms with Gasteiger partial charge in [0.05, 0.1) is 17.2 Å². The van der Waals surface area contributed by atoms with Gasteiger partial charge in [0.2, 0.25) is 0 Å². The van der Waals surface area contributed by atoms with Gasteiger partial charge in [-0.05, 0) is 70.3 Å². The summed E-state index contributed by atoms with van der Waals surface area (Å²) in [5.41, 5.74) is 7.47. The number of aliphatic carboxylic acids is 1. The number of hydrogen-bond acceptors (Lipinski definition) is 4. The van der Waals surface area contributed by atoms with Crippen LogP contribution in [0.1, 0.15) is 43.7 Å². The van der Waals surface area contributed by atoms with Crippen LogP contribution < -0.4 is 10.1 Å². The van der Waals surface area contributed by atoms with Crippen LogP contribution in [0.2, 0.25) is 5.02 Å². The van der Waals surface area contributed by atoms with E-state index in [-0.39, 0.29) is 6.42 Å². The van der Waals surface area contributed by atoms with E-state index in [2.05, 4.69) is 57.6 Å². The van der Waals surface area contributed by atoms with Crippen LogP contribution in [0.25, 0.3) is 5.70 Å². The summed E-state index contributed by atoms with van der Waals surface area (Å²) in [6.45, 7) is 8.37. The van der Waals surface area contributed by atoms with Crippen LogP contribution in [-0.4, -0.2) is 41.1 Å². The Bertz CT molecular complexity index is 1450. The van der Waals surface area contributed by atoms with Gasteiger partial charge in [-0.2, -0.15) is 0 Å². The van der Waals surface area contributed by atoms with E-state index >= 15 is 0 Å². The molecule has 2 aliphatic heterocycles. The lowest BCUT2D eigenvalue weighted by atomic mass is 9.95. The maximum Gasteiger partial charge on any atom is 0.326 e. The fourth-order valence-corrected chi connectivity index (χ4v) is 6.75. The Kier molecular flexibility index (Phi) is 7.68. The minimum absolute atomic E-state index is 0.187. The highest BCUT2D eigenvalue weighted by atomic mass is 127. The van der Waals surface area contributed by atoms with Crippen molar-refractivity contribution in [1.82, 2.24) is 10.2 Å². The molecule has 6 nitrogen and oxygen atoms in total. The number of carboxylic acid groups (broad SMARTS) is 1. The molecular weight excluding hydrogens is 615 g/mol. The largest absolute Gasteiger partial charge is 0.493 e. The lowest BCUT2D eigenvalue weighted by Crippen LogP contribution is -2.43. The van der Waals surface area contributed by atoms with Crippen molar-refractivity contribution in [3.63, 3.8) is 0 Å².